The molecule has 2 aromatic carbocycles. The predicted octanol–water partition coefficient (Wildman–Crippen LogP) is 3.98. The molecule has 1 amide bonds. The number of nitro groups is 1. The Morgan fingerprint density at radius 1 is 1.03 bits per heavy atom. The Labute approximate surface area is 165 Å². The Kier molecular flexibility index (Phi) is 5.86. The van der Waals surface area contributed by atoms with Gasteiger partial charge in [-0.3, -0.25) is 14.9 Å². The summed E-state index contributed by atoms with van der Waals surface area (Å²) in [6.45, 7) is 1.21. The molecule has 1 aliphatic rings. The van der Waals surface area contributed by atoms with Crippen molar-refractivity contribution in [3.63, 3.8) is 0 Å². The van der Waals surface area contributed by atoms with Crippen LogP contribution >= 0.6 is 0 Å². The van der Waals surface area contributed by atoms with Crippen molar-refractivity contribution in [2.24, 2.45) is 0 Å². The van der Waals surface area contributed by atoms with Gasteiger partial charge in [-0.25, -0.2) is 0 Å². The van der Waals surface area contributed by atoms with Crippen molar-refractivity contribution in [2.75, 3.05) is 31.1 Å². The molecule has 9 heteroatoms. The van der Waals surface area contributed by atoms with Gasteiger partial charge >= 0.3 is 6.18 Å². The number of hydrogen-bond acceptors (Lipinski definition) is 4. The first-order valence-corrected chi connectivity index (χ1v) is 8.88. The van der Waals surface area contributed by atoms with Gasteiger partial charge in [-0.15, -0.1) is 0 Å². The molecule has 1 saturated heterocycles. The maximum absolute atomic E-state index is 12.9. The largest absolute Gasteiger partial charge is 0.416 e. The number of carbonyl (C=O) groups excluding carboxylic acids is 1. The molecule has 152 valence electrons. The van der Waals surface area contributed by atoms with E-state index < -0.39 is 22.4 Å². The first-order chi connectivity index (χ1) is 13.8. The fraction of sp³-hybridized carbons (Fsp3) is 0.250. The second-order valence-corrected chi connectivity index (χ2v) is 6.51. The Morgan fingerprint density at radius 2 is 1.69 bits per heavy atom. The van der Waals surface area contributed by atoms with E-state index in [1.54, 1.807) is 15.9 Å². The lowest BCUT2D eigenvalue weighted by Gasteiger charge is -2.35. The molecule has 0 spiro atoms. The monoisotopic (exact) mass is 405 g/mol. The van der Waals surface area contributed by atoms with E-state index in [0.29, 0.717) is 19.2 Å². The number of rotatable bonds is 4. The second-order valence-electron chi connectivity index (χ2n) is 6.51. The van der Waals surface area contributed by atoms with Crippen LogP contribution in [0.3, 0.4) is 0 Å². The van der Waals surface area contributed by atoms with Crippen LogP contribution in [0.25, 0.3) is 6.08 Å². The van der Waals surface area contributed by atoms with Crippen LogP contribution in [0, 0.1) is 10.1 Å². The summed E-state index contributed by atoms with van der Waals surface area (Å²) in [5.74, 6) is -0.185. The number of alkyl halides is 3. The molecule has 0 bridgehead atoms. The minimum absolute atomic E-state index is 0.120. The van der Waals surface area contributed by atoms with E-state index in [1.807, 2.05) is 30.3 Å². The topological polar surface area (TPSA) is 66.7 Å². The Bertz CT molecular complexity index is 922. The van der Waals surface area contributed by atoms with Gasteiger partial charge in [0, 0.05) is 38.3 Å². The summed E-state index contributed by atoms with van der Waals surface area (Å²) in [4.78, 5) is 26.0. The van der Waals surface area contributed by atoms with Crippen molar-refractivity contribution in [1.29, 1.82) is 0 Å². The number of piperazine rings is 1. The van der Waals surface area contributed by atoms with Crippen molar-refractivity contribution in [2.45, 2.75) is 6.18 Å². The zero-order valence-electron chi connectivity index (χ0n) is 15.3. The van der Waals surface area contributed by atoms with E-state index >= 15 is 0 Å². The number of amides is 1. The maximum Gasteiger partial charge on any atom is 0.416 e. The van der Waals surface area contributed by atoms with Crippen molar-refractivity contribution in [1.82, 2.24) is 4.90 Å². The number of hydrogen-bond donors (Lipinski definition) is 0. The summed E-state index contributed by atoms with van der Waals surface area (Å²) in [6, 6.07) is 11.8. The molecule has 0 radical (unpaired) electrons. The Balaban J connectivity index is 1.68. The lowest BCUT2D eigenvalue weighted by molar-refractivity contribution is -0.384. The van der Waals surface area contributed by atoms with Crippen molar-refractivity contribution >= 4 is 23.4 Å². The van der Waals surface area contributed by atoms with Crippen LogP contribution in [0.5, 0.6) is 0 Å². The summed E-state index contributed by atoms with van der Waals surface area (Å²) in [5.41, 5.74) is -0.647. The summed E-state index contributed by atoms with van der Waals surface area (Å²) in [7, 11) is 0. The van der Waals surface area contributed by atoms with Gasteiger partial charge in [0.15, 0.2) is 0 Å². The second kappa shape index (κ2) is 8.34. The molecule has 3 rings (SSSR count). The van der Waals surface area contributed by atoms with Crippen LogP contribution in [-0.4, -0.2) is 41.9 Å². The molecule has 0 aromatic heterocycles. The normalized spacial score (nSPS) is 15.0. The van der Waals surface area contributed by atoms with E-state index in [4.69, 9.17) is 0 Å². The van der Waals surface area contributed by atoms with Crippen LogP contribution in [-0.2, 0) is 11.0 Å². The third-order valence-electron chi connectivity index (χ3n) is 4.65. The van der Waals surface area contributed by atoms with Crippen molar-refractivity contribution < 1.29 is 22.9 Å². The number of carbonyl (C=O) groups is 1. The molecule has 0 saturated carbocycles. The summed E-state index contributed by atoms with van der Waals surface area (Å²) < 4.78 is 38.6. The van der Waals surface area contributed by atoms with Crippen LogP contribution in [0.1, 0.15) is 11.1 Å². The van der Waals surface area contributed by atoms with Crippen molar-refractivity contribution in [3.05, 3.63) is 75.8 Å². The standard InChI is InChI=1S/C20H18F3N3O3/c21-20(22,23)16-7-8-17(18(14-16)26(28)29)24-10-12-25(13-11-24)19(27)9-6-15-4-2-1-3-5-15/h1-9,14H,10-13H2. The van der Waals surface area contributed by atoms with E-state index in [0.717, 1.165) is 17.7 Å². The smallest absolute Gasteiger partial charge is 0.362 e. The Hall–Kier alpha value is -3.36. The fourth-order valence-corrected chi connectivity index (χ4v) is 3.12. The van der Waals surface area contributed by atoms with E-state index in [1.165, 1.54) is 6.08 Å². The lowest BCUT2D eigenvalue weighted by atomic mass is 10.1. The fourth-order valence-electron chi connectivity index (χ4n) is 3.12. The summed E-state index contributed by atoms with van der Waals surface area (Å²) >= 11 is 0. The third kappa shape index (κ3) is 4.92. The molecule has 0 N–H and O–H groups in total. The molecule has 2 aromatic rings. The van der Waals surface area contributed by atoms with Gasteiger partial charge in [0.05, 0.1) is 10.5 Å². The zero-order chi connectivity index (χ0) is 21.0. The highest BCUT2D eigenvalue weighted by molar-refractivity contribution is 5.92. The third-order valence-corrected chi connectivity index (χ3v) is 4.65. The molecule has 0 aliphatic carbocycles. The van der Waals surface area contributed by atoms with Gasteiger partial charge in [0.1, 0.15) is 5.69 Å². The summed E-state index contributed by atoms with van der Waals surface area (Å²) in [5, 5.41) is 11.3. The molecule has 1 aliphatic heterocycles. The number of anilines is 1. The SMILES string of the molecule is O=C(C=Cc1ccccc1)N1CCN(c2ccc(C(F)(F)F)cc2[N+](=O)[O-])CC1. The van der Waals surface area contributed by atoms with Gasteiger partial charge in [-0.05, 0) is 23.8 Å². The summed E-state index contributed by atoms with van der Waals surface area (Å²) in [6.07, 6.45) is -1.49. The van der Waals surface area contributed by atoms with Gasteiger partial charge in [-0.2, -0.15) is 13.2 Å². The first kappa shape index (κ1) is 20.4. The minimum atomic E-state index is -4.65. The number of nitrogens with zero attached hydrogens (tertiary/aromatic N) is 3. The molecular formula is C20H18F3N3O3. The molecule has 29 heavy (non-hydrogen) atoms. The van der Waals surface area contributed by atoms with E-state index in [-0.39, 0.29) is 24.7 Å². The van der Waals surface area contributed by atoms with Crippen molar-refractivity contribution in [3.8, 4) is 0 Å². The predicted molar refractivity (Wildman–Crippen MR) is 102 cm³/mol. The van der Waals surface area contributed by atoms with E-state index in [9.17, 15) is 28.1 Å². The quantitative estimate of drug-likeness (QED) is 0.439. The molecule has 0 unspecified atom stereocenters. The van der Waals surface area contributed by atoms with Gasteiger partial charge in [-0.1, -0.05) is 30.3 Å². The number of halogens is 3. The maximum atomic E-state index is 12.9. The molecule has 0 atom stereocenters. The van der Waals surface area contributed by atoms with Crippen LogP contribution < -0.4 is 4.90 Å². The highest BCUT2D eigenvalue weighted by Crippen LogP contribution is 2.36. The molecular weight excluding hydrogens is 387 g/mol. The van der Waals surface area contributed by atoms with Gasteiger partial charge in [0.2, 0.25) is 5.91 Å². The zero-order valence-corrected chi connectivity index (χ0v) is 15.3. The average molecular weight is 405 g/mol. The lowest BCUT2D eigenvalue weighted by Crippen LogP contribution is -2.48. The average Bonchev–Trinajstić information content (AvgIpc) is 2.71. The van der Waals surface area contributed by atoms with E-state index in [2.05, 4.69) is 0 Å². The van der Waals surface area contributed by atoms with Crippen LogP contribution in [0.4, 0.5) is 24.5 Å². The van der Waals surface area contributed by atoms with Gasteiger partial charge < -0.3 is 9.80 Å². The molecule has 6 nitrogen and oxygen atoms in total. The highest BCUT2D eigenvalue weighted by Gasteiger charge is 2.34. The van der Waals surface area contributed by atoms with Crippen LogP contribution in [0.15, 0.2) is 54.6 Å². The number of nitro benzene ring substituents is 1. The molecule has 1 heterocycles. The minimum Gasteiger partial charge on any atom is -0.362 e. The van der Waals surface area contributed by atoms with Gasteiger partial charge in [0.25, 0.3) is 5.69 Å². The number of benzene rings is 2. The van der Waals surface area contributed by atoms with Crippen LogP contribution in [0.2, 0.25) is 0 Å². The molecule has 1 fully saturated rings. The Morgan fingerprint density at radius 3 is 2.28 bits per heavy atom. The first-order valence-electron chi connectivity index (χ1n) is 8.88. The highest BCUT2D eigenvalue weighted by atomic mass is 19.4.